The molecule has 0 saturated carbocycles. The van der Waals surface area contributed by atoms with E-state index in [1.54, 1.807) is 7.11 Å². The van der Waals surface area contributed by atoms with Gasteiger partial charge in [0, 0.05) is 23.1 Å². The molecule has 4 rings (SSSR count). The van der Waals surface area contributed by atoms with Crippen molar-refractivity contribution in [3.8, 4) is 28.3 Å². The van der Waals surface area contributed by atoms with E-state index >= 15 is 0 Å². The van der Waals surface area contributed by atoms with Crippen LogP contribution in [-0.4, -0.2) is 46.6 Å². The molecular weight excluding hydrogens is 484 g/mol. The Bertz CT molecular complexity index is 1370. The topological polar surface area (TPSA) is 95.3 Å². The van der Waals surface area contributed by atoms with Crippen LogP contribution < -0.4 is 10.1 Å². The maximum atomic E-state index is 12.8. The quantitative estimate of drug-likeness (QED) is 0.263. The second-order valence-electron chi connectivity index (χ2n) is 7.53. The summed E-state index contributed by atoms with van der Waals surface area (Å²) in [4.78, 5) is 26.4. The first-order valence-corrected chi connectivity index (χ1v) is 12.5. The van der Waals surface area contributed by atoms with E-state index in [2.05, 4.69) is 15.5 Å². The van der Waals surface area contributed by atoms with Crippen LogP contribution in [-0.2, 0) is 16.6 Å². The van der Waals surface area contributed by atoms with Crippen molar-refractivity contribution in [2.45, 2.75) is 12.1 Å². The van der Waals surface area contributed by atoms with Gasteiger partial charge in [0.1, 0.15) is 16.3 Å². The molecule has 0 bridgehead atoms. The molecule has 1 amide bonds. The number of anilines is 1. The first kappa shape index (κ1) is 24.5. The normalized spacial score (nSPS) is 10.7. The number of ether oxygens (including phenoxy) is 2. The van der Waals surface area contributed by atoms with Crippen LogP contribution in [0.1, 0.15) is 15.2 Å². The van der Waals surface area contributed by atoms with Crippen LogP contribution >= 0.6 is 23.1 Å². The van der Waals surface area contributed by atoms with Crippen LogP contribution in [0.5, 0.6) is 5.75 Å². The lowest BCUT2D eigenvalue weighted by Gasteiger charge is -2.08. The molecule has 0 spiro atoms. The molecule has 0 aliphatic rings. The minimum Gasteiger partial charge on any atom is -0.497 e. The Morgan fingerprint density at radius 1 is 1.06 bits per heavy atom. The van der Waals surface area contributed by atoms with Gasteiger partial charge in [-0.3, -0.25) is 4.79 Å². The molecule has 35 heavy (non-hydrogen) atoms. The molecule has 180 valence electrons. The highest BCUT2D eigenvalue weighted by Crippen LogP contribution is 2.40. The van der Waals surface area contributed by atoms with Crippen molar-refractivity contribution in [1.82, 2.24) is 14.8 Å². The van der Waals surface area contributed by atoms with Crippen LogP contribution in [0.15, 0.2) is 59.8 Å². The Balaban J connectivity index is 1.51. The summed E-state index contributed by atoms with van der Waals surface area (Å²) in [5.41, 5.74) is 2.88. The summed E-state index contributed by atoms with van der Waals surface area (Å²) < 4.78 is 12.1. The molecule has 2 aromatic carbocycles. The van der Waals surface area contributed by atoms with Crippen molar-refractivity contribution in [2.75, 3.05) is 25.3 Å². The van der Waals surface area contributed by atoms with E-state index < -0.39 is 5.97 Å². The molecule has 0 atom stereocenters. The summed E-state index contributed by atoms with van der Waals surface area (Å²) in [6.07, 6.45) is 0. The molecule has 0 saturated heterocycles. The average Bonchev–Trinajstić information content (AvgIpc) is 3.41. The van der Waals surface area contributed by atoms with E-state index in [1.807, 2.05) is 73.1 Å². The van der Waals surface area contributed by atoms with Gasteiger partial charge in [0.05, 0.1) is 20.0 Å². The summed E-state index contributed by atoms with van der Waals surface area (Å²) >= 11 is 2.61. The summed E-state index contributed by atoms with van der Waals surface area (Å²) in [7, 11) is 4.79. The summed E-state index contributed by atoms with van der Waals surface area (Å²) in [6.45, 7) is 1.92. The number of amides is 1. The summed E-state index contributed by atoms with van der Waals surface area (Å²) in [5, 5.41) is 12.4. The minimum absolute atomic E-state index is 0.0995. The number of aromatic nitrogens is 3. The number of carbonyl (C=O) groups is 2. The summed E-state index contributed by atoms with van der Waals surface area (Å²) in [6, 6.07) is 17.1. The largest absolute Gasteiger partial charge is 0.497 e. The van der Waals surface area contributed by atoms with Gasteiger partial charge in [0.25, 0.3) is 0 Å². The van der Waals surface area contributed by atoms with E-state index in [4.69, 9.17) is 9.47 Å². The first-order chi connectivity index (χ1) is 16.9. The van der Waals surface area contributed by atoms with Gasteiger partial charge < -0.3 is 19.4 Å². The second-order valence-corrected chi connectivity index (χ2v) is 9.70. The molecule has 8 nitrogen and oxygen atoms in total. The molecule has 0 aliphatic carbocycles. The molecule has 0 fully saturated rings. The zero-order valence-corrected chi connectivity index (χ0v) is 21.3. The van der Waals surface area contributed by atoms with Crippen LogP contribution in [0.4, 0.5) is 5.00 Å². The highest BCUT2D eigenvalue weighted by atomic mass is 32.2. The number of thiophene rings is 1. The standard InChI is InChI=1S/C25H24N4O4S2/c1-15-20(16-9-6-5-7-10-16)21(24(31)33-4)23(35-15)26-19(30)14-34-25-28-27-22(29(25)2)17-11-8-12-18(13-17)32-3/h5-13H,14H2,1-4H3,(H,26,30). The lowest BCUT2D eigenvalue weighted by atomic mass is 10.0. The van der Waals surface area contributed by atoms with E-state index in [1.165, 1.54) is 30.2 Å². The molecule has 0 unspecified atom stereocenters. The van der Waals surface area contributed by atoms with Gasteiger partial charge in [-0.15, -0.1) is 21.5 Å². The van der Waals surface area contributed by atoms with Gasteiger partial charge in [-0.2, -0.15) is 0 Å². The third kappa shape index (κ3) is 5.23. The SMILES string of the molecule is COC(=O)c1c(NC(=O)CSc2nnc(-c3cccc(OC)c3)n2C)sc(C)c1-c1ccccc1. The minimum atomic E-state index is -0.493. The molecule has 10 heteroatoms. The average molecular weight is 509 g/mol. The summed E-state index contributed by atoms with van der Waals surface area (Å²) in [5.74, 6) is 0.740. The van der Waals surface area contributed by atoms with E-state index in [0.717, 1.165) is 27.3 Å². The van der Waals surface area contributed by atoms with E-state index in [-0.39, 0.29) is 11.7 Å². The van der Waals surface area contributed by atoms with Gasteiger partial charge in [-0.05, 0) is 24.6 Å². The number of hydrogen-bond acceptors (Lipinski definition) is 8. The fourth-order valence-electron chi connectivity index (χ4n) is 3.63. The number of nitrogens with one attached hydrogen (secondary N) is 1. The van der Waals surface area contributed by atoms with Crippen molar-refractivity contribution in [3.63, 3.8) is 0 Å². The van der Waals surface area contributed by atoms with Crippen LogP contribution in [0.2, 0.25) is 0 Å². The van der Waals surface area contributed by atoms with Crippen molar-refractivity contribution in [2.24, 2.45) is 7.05 Å². The smallest absolute Gasteiger partial charge is 0.341 e. The second kappa shape index (κ2) is 10.7. The number of carbonyl (C=O) groups excluding carboxylic acids is 2. The number of hydrogen-bond donors (Lipinski definition) is 1. The van der Waals surface area contributed by atoms with Crippen molar-refractivity contribution >= 4 is 40.0 Å². The Morgan fingerprint density at radius 2 is 1.80 bits per heavy atom. The van der Waals surface area contributed by atoms with Crippen LogP contribution in [0.3, 0.4) is 0 Å². The van der Waals surface area contributed by atoms with Gasteiger partial charge in [0.2, 0.25) is 5.91 Å². The number of aryl methyl sites for hydroxylation is 1. The molecule has 2 heterocycles. The first-order valence-electron chi connectivity index (χ1n) is 10.7. The van der Waals surface area contributed by atoms with Crippen LogP contribution in [0, 0.1) is 6.92 Å². The molecule has 1 N–H and O–H groups in total. The van der Waals surface area contributed by atoms with E-state index in [0.29, 0.717) is 21.5 Å². The van der Waals surface area contributed by atoms with Crippen LogP contribution in [0.25, 0.3) is 22.5 Å². The lowest BCUT2D eigenvalue weighted by Crippen LogP contribution is -2.16. The van der Waals surface area contributed by atoms with Crippen molar-refractivity contribution in [1.29, 1.82) is 0 Å². The van der Waals surface area contributed by atoms with E-state index in [9.17, 15) is 9.59 Å². The predicted octanol–water partition coefficient (Wildman–Crippen LogP) is 5.05. The third-order valence-electron chi connectivity index (χ3n) is 5.28. The highest BCUT2D eigenvalue weighted by Gasteiger charge is 2.25. The van der Waals surface area contributed by atoms with Crippen molar-refractivity contribution < 1.29 is 19.1 Å². The molecule has 4 aromatic rings. The molecule has 2 aromatic heterocycles. The number of rotatable bonds is 8. The zero-order valence-electron chi connectivity index (χ0n) is 19.7. The van der Waals surface area contributed by atoms with Gasteiger partial charge in [-0.1, -0.05) is 54.2 Å². The number of thioether (sulfide) groups is 1. The Labute approximate surface area is 211 Å². The Hall–Kier alpha value is -3.63. The maximum absolute atomic E-state index is 12.8. The fraction of sp³-hybridized carbons (Fsp3) is 0.200. The Morgan fingerprint density at radius 3 is 2.51 bits per heavy atom. The number of nitrogens with zero attached hydrogens (tertiary/aromatic N) is 3. The Kier molecular flexibility index (Phi) is 7.52. The third-order valence-corrected chi connectivity index (χ3v) is 7.33. The predicted molar refractivity (Wildman–Crippen MR) is 138 cm³/mol. The number of methoxy groups -OCH3 is 2. The molecule has 0 aliphatic heterocycles. The monoisotopic (exact) mass is 508 g/mol. The van der Waals surface area contributed by atoms with Gasteiger partial charge in [0.15, 0.2) is 11.0 Å². The maximum Gasteiger partial charge on any atom is 0.341 e. The van der Waals surface area contributed by atoms with Gasteiger partial charge in [-0.25, -0.2) is 4.79 Å². The molecule has 0 radical (unpaired) electrons. The highest BCUT2D eigenvalue weighted by molar-refractivity contribution is 7.99. The molecular formula is C25H24N4O4S2. The van der Waals surface area contributed by atoms with Crippen molar-refractivity contribution in [3.05, 3.63) is 65.0 Å². The number of benzene rings is 2. The number of esters is 1. The zero-order chi connectivity index (χ0) is 24.9. The fourth-order valence-corrected chi connectivity index (χ4v) is 5.42. The lowest BCUT2D eigenvalue weighted by molar-refractivity contribution is -0.113. The van der Waals surface area contributed by atoms with Gasteiger partial charge >= 0.3 is 5.97 Å².